The van der Waals surface area contributed by atoms with Gasteiger partial charge in [0.25, 0.3) is 5.56 Å². The van der Waals surface area contributed by atoms with Gasteiger partial charge in [-0.15, -0.1) is 0 Å². The van der Waals surface area contributed by atoms with Crippen molar-refractivity contribution in [2.75, 3.05) is 0 Å². The van der Waals surface area contributed by atoms with Crippen LogP contribution in [0.25, 0.3) is 0 Å². The Morgan fingerprint density at radius 3 is 2.50 bits per heavy atom. The number of aromatic nitrogens is 1. The third-order valence-corrected chi connectivity index (χ3v) is 2.37. The topological polar surface area (TPSA) is 79.5 Å². The first-order chi connectivity index (χ1) is 7.34. The highest BCUT2D eigenvalue weighted by atomic mass is 16.4. The van der Waals surface area contributed by atoms with Crippen LogP contribution in [0, 0.1) is 13.8 Å². The van der Waals surface area contributed by atoms with Gasteiger partial charge in [0, 0.05) is 5.69 Å². The van der Waals surface area contributed by atoms with E-state index in [1.165, 1.54) is 4.57 Å². The average Bonchev–Trinajstić information content (AvgIpc) is 2.10. The molecule has 5 nitrogen and oxygen atoms in total. The van der Waals surface area contributed by atoms with Gasteiger partial charge in [-0.25, -0.2) is 4.79 Å². The summed E-state index contributed by atoms with van der Waals surface area (Å²) in [6.45, 7) is 4.95. The predicted octanol–water partition coefficient (Wildman–Crippen LogP) is 0.544. The molecule has 0 amide bonds. The van der Waals surface area contributed by atoms with Crippen LogP contribution in [0.4, 0.5) is 0 Å². The summed E-state index contributed by atoms with van der Waals surface area (Å²) in [4.78, 5) is 22.8. The number of carboxylic acid groups (broad SMARTS) is 1. The smallest absolute Gasteiger partial charge is 0.341 e. The van der Waals surface area contributed by atoms with Crippen LogP contribution in [0.1, 0.15) is 28.5 Å². The van der Waals surface area contributed by atoms with Crippen molar-refractivity contribution >= 4 is 5.97 Å². The lowest BCUT2D eigenvalue weighted by Crippen LogP contribution is -2.32. The number of aliphatic hydroxyl groups is 1. The third kappa shape index (κ3) is 2.30. The van der Waals surface area contributed by atoms with Crippen LogP contribution in [-0.2, 0) is 6.54 Å². The molecule has 1 atom stereocenters. The van der Waals surface area contributed by atoms with Crippen LogP contribution in [0.15, 0.2) is 10.9 Å². The predicted molar refractivity (Wildman–Crippen MR) is 58.8 cm³/mol. The van der Waals surface area contributed by atoms with Crippen molar-refractivity contribution in [1.82, 2.24) is 4.57 Å². The third-order valence-electron chi connectivity index (χ3n) is 2.37. The van der Waals surface area contributed by atoms with Crippen LogP contribution >= 0.6 is 0 Å². The second-order valence-electron chi connectivity index (χ2n) is 3.91. The molecule has 0 radical (unpaired) electrons. The Morgan fingerprint density at radius 2 is 2.06 bits per heavy atom. The van der Waals surface area contributed by atoms with Gasteiger partial charge in [-0.2, -0.15) is 0 Å². The quantitative estimate of drug-likeness (QED) is 0.787. The Bertz CT molecular complexity index is 474. The zero-order valence-electron chi connectivity index (χ0n) is 9.52. The van der Waals surface area contributed by atoms with E-state index in [1.54, 1.807) is 26.8 Å². The minimum atomic E-state index is -1.23. The molecule has 0 saturated heterocycles. The molecule has 1 rings (SSSR count). The molecule has 16 heavy (non-hydrogen) atoms. The maximum absolute atomic E-state index is 11.9. The average molecular weight is 225 g/mol. The van der Waals surface area contributed by atoms with Crippen molar-refractivity contribution in [1.29, 1.82) is 0 Å². The van der Waals surface area contributed by atoms with Gasteiger partial charge >= 0.3 is 5.97 Å². The minimum Gasteiger partial charge on any atom is -0.477 e. The molecule has 5 heteroatoms. The van der Waals surface area contributed by atoms with Gasteiger partial charge in [-0.1, -0.05) is 0 Å². The number of carboxylic acids is 1. The molecule has 0 aliphatic rings. The first kappa shape index (κ1) is 12.4. The number of aromatic carboxylic acids is 1. The Labute approximate surface area is 93.0 Å². The summed E-state index contributed by atoms with van der Waals surface area (Å²) in [6, 6.07) is 1.63. The Balaban J connectivity index is 3.45. The number of aryl methyl sites for hydroxylation is 2. The molecule has 1 aromatic rings. The van der Waals surface area contributed by atoms with Gasteiger partial charge in [-0.05, 0) is 32.4 Å². The Kier molecular flexibility index (Phi) is 3.49. The first-order valence-electron chi connectivity index (χ1n) is 4.97. The summed E-state index contributed by atoms with van der Waals surface area (Å²) >= 11 is 0. The highest BCUT2D eigenvalue weighted by Gasteiger charge is 2.16. The standard InChI is InChI=1S/C11H15NO4/c1-6-4-7(2)12(5-8(3)13)10(14)9(6)11(15)16/h4,8,13H,5H2,1-3H3,(H,15,16). The zero-order chi connectivity index (χ0) is 12.5. The van der Waals surface area contributed by atoms with Crippen molar-refractivity contribution in [2.24, 2.45) is 0 Å². The van der Waals surface area contributed by atoms with Crippen molar-refractivity contribution in [3.8, 4) is 0 Å². The molecule has 0 aliphatic heterocycles. The van der Waals surface area contributed by atoms with Gasteiger partial charge in [0.2, 0.25) is 0 Å². The van der Waals surface area contributed by atoms with Gasteiger partial charge < -0.3 is 14.8 Å². The van der Waals surface area contributed by atoms with Crippen molar-refractivity contribution in [3.63, 3.8) is 0 Å². The van der Waals surface area contributed by atoms with E-state index in [2.05, 4.69) is 0 Å². The van der Waals surface area contributed by atoms with Crippen LogP contribution in [0.5, 0.6) is 0 Å². The molecular weight excluding hydrogens is 210 g/mol. The maximum atomic E-state index is 11.9. The number of aliphatic hydroxyl groups excluding tert-OH is 1. The molecule has 2 N–H and O–H groups in total. The summed E-state index contributed by atoms with van der Waals surface area (Å²) in [5.74, 6) is -1.23. The SMILES string of the molecule is Cc1cc(C)n(CC(C)O)c(=O)c1C(=O)O. The molecular formula is C11H15NO4. The Hall–Kier alpha value is -1.62. The van der Waals surface area contributed by atoms with E-state index in [1.807, 2.05) is 0 Å². The first-order valence-corrected chi connectivity index (χ1v) is 4.97. The van der Waals surface area contributed by atoms with E-state index >= 15 is 0 Å². The van der Waals surface area contributed by atoms with Gasteiger partial charge in [-0.3, -0.25) is 4.79 Å². The van der Waals surface area contributed by atoms with Crippen LogP contribution in [0.3, 0.4) is 0 Å². The molecule has 0 aliphatic carbocycles. The van der Waals surface area contributed by atoms with Crippen LogP contribution in [-0.4, -0.2) is 26.9 Å². The second kappa shape index (κ2) is 4.49. The van der Waals surface area contributed by atoms with E-state index in [4.69, 9.17) is 5.11 Å². The molecule has 0 spiro atoms. The summed E-state index contributed by atoms with van der Waals surface area (Å²) in [6.07, 6.45) is -0.694. The summed E-state index contributed by atoms with van der Waals surface area (Å²) in [5.41, 5.74) is 0.294. The normalized spacial score (nSPS) is 12.5. The van der Waals surface area contributed by atoms with E-state index in [0.29, 0.717) is 11.3 Å². The molecule has 0 bridgehead atoms. The fraction of sp³-hybridized carbons (Fsp3) is 0.455. The van der Waals surface area contributed by atoms with Crippen LogP contribution < -0.4 is 5.56 Å². The van der Waals surface area contributed by atoms with E-state index in [0.717, 1.165) is 0 Å². The summed E-state index contributed by atoms with van der Waals surface area (Å²) in [5, 5.41) is 18.2. The highest BCUT2D eigenvalue weighted by molar-refractivity contribution is 5.88. The highest BCUT2D eigenvalue weighted by Crippen LogP contribution is 2.07. The monoisotopic (exact) mass is 225 g/mol. The minimum absolute atomic E-state index is 0.102. The molecule has 1 heterocycles. The molecule has 1 aromatic heterocycles. The molecule has 0 fully saturated rings. The van der Waals surface area contributed by atoms with E-state index < -0.39 is 17.6 Å². The second-order valence-corrected chi connectivity index (χ2v) is 3.91. The van der Waals surface area contributed by atoms with E-state index in [-0.39, 0.29) is 12.1 Å². The molecule has 1 unspecified atom stereocenters. The van der Waals surface area contributed by atoms with Crippen molar-refractivity contribution < 1.29 is 15.0 Å². The lowest BCUT2D eigenvalue weighted by Gasteiger charge is -2.14. The lowest BCUT2D eigenvalue weighted by atomic mass is 10.1. The van der Waals surface area contributed by atoms with Gasteiger partial charge in [0.05, 0.1) is 12.6 Å². The zero-order valence-corrected chi connectivity index (χ0v) is 9.52. The Morgan fingerprint density at radius 1 is 1.50 bits per heavy atom. The van der Waals surface area contributed by atoms with Crippen LogP contribution in [0.2, 0.25) is 0 Å². The number of hydrogen-bond acceptors (Lipinski definition) is 3. The largest absolute Gasteiger partial charge is 0.477 e. The number of pyridine rings is 1. The van der Waals surface area contributed by atoms with Gasteiger partial charge in [0.15, 0.2) is 0 Å². The molecule has 0 aromatic carbocycles. The summed E-state index contributed by atoms with van der Waals surface area (Å²) in [7, 11) is 0. The fourth-order valence-corrected chi connectivity index (χ4v) is 1.68. The van der Waals surface area contributed by atoms with Gasteiger partial charge in [0.1, 0.15) is 5.56 Å². The van der Waals surface area contributed by atoms with Crippen molar-refractivity contribution in [3.05, 3.63) is 33.2 Å². The maximum Gasteiger partial charge on any atom is 0.341 e. The molecule has 88 valence electrons. The fourth-order valence-electron chi connectivity index (χ4n) is 1.68. The molecule has 0 saturated carbocycles. The lowest BCUT2D eigenvalue weighted by molar-refractivity contribution is 0.0692. The number of rotatable bonds is 3. The number of carbonyl (C=O) groups is 1. The van der Waals surface area contributed by atoms with Crippen molar-refractivity contribution in [2.45, 2.75) is 33.4 Å². The van der Waals surface area contributed by atoms with E-state index in [9.17, 15) is 14.7 Å². The summed E-state index contributed by atoms with van der Waals surface area (Å²) < 4.78 is 1.28. The number of hydrogen-bond donors (Lipinski definition) is 2. The number of nitrogens with zero attached hydrogens (tertiary/aromatic N) is 1.